The molecule has 27 heavy (non-hydrogen) atoms. The molecule has 1 saturated carbocycles. The fourth-order valence-corrected chi connectivity index (χ4v) is 3.65. The fourth-order valence-electron chi connectivity index (χ4n) is 3.65. The van der Waals surface area contributed by atoms with Crippen LogP contribution in [-0.4, -0.2) is 27.1 Å². The van der Waals surface area contributed by atoms with Crippen LogP contribution in [0.15, 0.2) is 48.7 Å². The molecule has 0 bridgehead atoms. The number of allylic oxidation sites excluding steroid dienone is 1. The van der Waals surface area contributed by atoms with Crippen LogP contribution in [0.1, 0.15) is 51.0 Å². The highest BCUT2D eigenvalue weighted by Crippen LogP contribution is 2.31. The minimum atomic E-state index is -0.187. The van der Waals surface area contributed by atoms with E-state index in [0.717, 1.165) is 36.8 Å². The highest BCUT2D eigenvalue weighted by Gasteiger charge is 2.27. The van der Waals surface area contributed by atoms with E-state index in [0.29, 0.717) is 12.2 Å². The van der Waals surface area contributed by atoms with Gasteiger partial charge in [-0.1, -0.05) is 38.3 Å². The van der Waals surface area contributed by atoms with E-state index in [1.165, 1.54) is 18.6 Å². The zero-order valence-electron chi connectivity index (χ0n) is 15.6. The quantitative estimate of drug-likeness (QED) is 0.597. The van der Waals surface area contributed by atoms with E-state index in [1.54, 1.807) is 18.3 Å². The third-order valence-corrected chi connectivity index (χ3v) is 5.10. The summed E-state index contributed by atoms with van der Waals surface area (Å²) in [6, 6.07) is 10.4. The second-order valence-corrected chi connectivity index (χ2v) is 6.91. The van der Waals surface area contributed by atoms with E-state index in [-0.39, 0.29) is 23.4 Å². The van der Waals surface area contributed by atoms with Crippen LogP contribution in [0.5, 0.6) is 11.5 Å². The first-order valence-corrected chi connectivity index (χ1v) is 9.57. The number of hydrogen-bond acceptors (Lipinski definition) is 4. The predicted molar refractivity (Wildman–Crippen MR) is 107 cm³/mol. The average Bonchev–Trinajstić information content (AvgIpc) is 2.70. The molecule has 1 fully saturated rings. The Labute approximate surface area is 160 Å². The lowest BCUT2D eigenvalue weighted by molar-refractivity contribution is -0.114. The third kappa shape index (κ3) is 4.48. The molecule has 0 saturated heterocycles. The molecule has 0 unspecified atom stereocenters. The Morgan fingerprint density at radius 3 is 2.56 bits per heavy atom. The first kappa shape index (κ1) is 19.0. The molecular formula is C22H26N2O3. The molecule has 0 spiro atoms. The van der Waals surface area contributed by atoms with E-state index >= 15 is 0 Å². The summed E-state index contributed by atoms with van der Waals surface area (Å²) in [5.41, 5.74) is 1.54. The van der Waals surface area contributed by atoms with Crippen LogP contribution in [0.2, 0.25) is 0 Å². The van der Waals surface area contributed by atoms with Gasteiger partial charge in [-0.25, -0.2) is 4.98 Å². The average molecular weight is 366 g/mol. The van der Waals surface area contributed by atoms with Gasteiger partial charge >= 0.3 is 0 Å². The number of carbonyl (C=O) groups is 1. The van der Waals surface area contributed by atoms with Crippen LogP contribution in [-0.2, 0) is 4.79 Å². The molecule has 1 heterocycles. The lowest BCUT2D eigenvalue weighted by atomic mass is 9.93. The molecule has 0 radical (unpaired) electrons. The van der Waals surface area contributed by atoms with Gasteiger partial charge in [0.1, 0.15) is 5.82 Å². The van der Waals surface area contributed by atoms with Gasteiger partial charge in [-0.05, 0) is 54.7 Å². The minimum Gasteiger partial charge on any atom is -0.504 e. The monoisotopic (exact) mass is 366 g/mol. The van der Waals surface area contributed by atoms with Crippen molar-refractivity contribution in [3.8, 4) is 11.5 Å². The van der Waals surface area contributed by atoms with Gasteiger partial charge in [-0.3, -0.25) is 9.69 Å². The number of amides is 1. The van der Waals surface area contributed by atoms with E-state index in [4.69, 9.17) is 0 Å². The van der Waals surface area contributed by atoms with Crippen LogP contribution in [0, 0.1) is 0 Å². The first-order valence-electron chi connectivity index (χ1n) is 9.57. The fraction of sp³-hybridized carbons (Fsp3) is 0.364. The molecule has 142 valence electrons. The molecule has 1 amide bonds. The molecule has 5 nitrogen and oxygen atoms in total. The predicted octanol–water partition coefficient (Wildman–Crippen LogP) is 4.65. The second-order valence-electron chi connectivity index (χ2n) is 6.91. The maximum absolute atomic E-state index is 13.2. The van der Waals surface area contributed by atoms with Crippen LogP contribution < -0.4 is 4.90 Å². The van der Waals surface area contributed by atoms with Crippen LogP contribution >= 0.6 is 0 Å². The SMILES string of the molecule is CC/C(=C/C(=O)N(c1ccccn1)C1CCCCC1)c1ccc(O)c(O)c1. The van der Waals surface area contributed by atoms with Gasteiger partial charge in [-0.15, -0.1) is 0 Å². The summed E-state index contributed by atoms with van der Waals surface area (Å²) >= 11 is 0. The largest absolute Gasteiger partial charge is 0.504 e. The van der Waals surface area contributed by atoms with Gasteiger partial charge in [0.2, 0.25) is 0 Å². The number of aromatic nitrogens is 1. The number of benzene rings is 1. The zero-order valence-corrected chi connectivity index (χ0v) is 15.6. The van der Waals surface area contributed by atoms with Crippen molar-refractivity contribution in [3.63, 3.8) is 0 Å². The Balaban J connectivity index is 1.94. The highest BCUT2D eigenvalue weighted by molar-refractivity contribution is 6.05. The highest BCUT2D eigenvalue weighted by atomic mass is 16.3. The van der Waals surface area contributed by atoms with E-state index in [2.05, 4.69) is 4.98 Å². The summed E-state index contributed by atoms with van der Waals surface area (Å²) in [5, 5.41) is 19.3. The van der Waals surface area contributed by atoms with Crippen molar-refractivity contribution < 1.29 is 15.0 Å². The molecule has 5 heteroatoms. The number of phenolic OH excluding ortho intramolecular Hbond substituents is 2. The van der Waals surface area contributed by atoms with E-state index < -0.39 is 0 Å². The lowest BCUT2D eigenvalue weighted by Crippen LogP contribution is -2.41. The van der Waals surface area contributed by atoms with Crippen molar-refractivity contribution in [2.24, 2.45) is 0 Å². The Morgan fingerprint density at radius 1 is 1.15 bits per heavy atom. The molecule has 3 rings (SSSR count). The van der Waals surface area contributed by atoms with Crippen molar-refractivity contribution in [1.82, 2.24) is 4.98 Å². The van der Waals surface area contributed by atoms with Crippen molar-refractivity contribution in [1.29, 1.82) is 0 Å². The summed E-state index contributed by atoms with van der Waals surface area (Å²) in [5.74, 6) is 0.227. The first-order chi connectivity index (χ1) is 13.1. The van der Waals surface area contributed by atoms with Crippen molar-refractivity contribution >= 4 is 17.3 Å². The van der Waals surface area contributed by atoms with E-state index in [1.807, 2.05) is 30.0 Å². The second kappa shape index (κ2) is 8.71. The van der Waals surface area contributed by atoms with Crippen molar-refractivity contribution in [2.45, 2.75) is 51.5 Å². The number of phenols is 2. The summed E-state index contributed by atoms with van der Waals surface area (Å²) in [6.07, 6.45) is 9.40. The van der Waals surface area contributed by atoms with Crippen molar-refractivity contribution in [3.05, 3.63) is 54.2 Å². The molecule has 1 aromatic carbocycles. The Kier molecular flexibility index (Phi) is 6.12. The normalized spacial score (nSPS) is 15.5. The number of aromatic hydroxyl groups is 2. The summed E-state index contributed by atoms with van der Waals surface area (Å²) in [6.45, 7) is 1.97. The summed E-state index contributed by atoms with van der Waals surface area (Å²) in [4.78, 5) is 19.5. The topological polar surface area (TPSA) is 73.7 Å². The summed E-state index contributed by atoms with van der Waals surface area (Å²) in [7, 11) is 0. The lowest BCUT2D eigenvalue weighted by Gasteiger charge is -2.33. The van der Waals surface area contributed by atoms with Gasteiger partial charge in [0.25, 0.3) is 5.91 Å². The van der Waals surface area contributed by atoms with E-state index in [9.17, 15) is 15.0 Å². The number of anilines is 1. The standard InChI is InChI=1S/C22H26N2O3/c1-2-16(17-11-12-19(25)20(26)14-17)15-22(27)24(18-8-4-3-5-9-18)21-10-6-7-13-23-21/h6-7,10-15,18,25-26H,2-5,8-9H2,1H3/b16-15-. The Bertz CT molecular complexity index is 812. The number of rotatable bonds is 5. The van der Waals surface area contributed by atoms with Gasteiger partial charge in [-0.2, -0.15) is 0 Å². The maximum Gasteiger partial charge on any atom is 0.252 e. The smallest absolute Gasteiger partial charge is 0.252 e. The molecule has 0 atom stereocenters. The Morgan fingerprint density at radius 2 is 1.93 bits per heavy atom. The molecule has 2 aromatic rings. The molecule has 0 aliphatic heterocycles. The van der Waals surface area contributed by atoms with Crippen molar-refractivity contribution in [2.75, 3.05) is 4.90 Å². The number of nitrogens with zero attached hydrogens (tertiary/aromatic N) is 2. The zero-order chi connectivity index (χ0) is 19.2. The minimum absolute atomic E-state index is 0.0926. The van der Waals surface area contributed by atoms with Crippen LogP contribution in [0.3, 0.4) is 0 Å². The molecule has 1 aliphatic carbocycles. The van der Waals surface area contributed by atoms with Gasteiger partial charge in [0.15, 0.2) is 11.5 Å². The van der Waals surface area contributed by atoms with Gasteiger partial charge in [0, 0.05) is 18.3 Å². The maximum atomic E-state index is 13.2. The molecular weight excluding hydrogens is 340 g/mol. The Hall–Kier alpha value is -2.82. The van der Waals surface area contributed by atoms with Crippen LogP contribution in [0.4, 0.5) is 5.82 Å². The number of hydrogen-bond donors (Lipinski definition) is 2. The number of carbonyl (C=O) groups excluding carboxylic acids is 1. The molecule has 2 N–H and O–H groups in total. The summed E-state index contributed by atoms with van der Waals surface area (Å²) < 4.78 is 0. The van der Waals surface area contributed by atoms with Gasteiger partial charge < -0.3 is 10.2 Å². The molecule has 1 aliphatic rings. The number of pyridine rings is 1. The van der Waals surface area contributed by atoms with Crippen LogP contribution in [0.25, 0.3) is 5.57 Å². The molecule has 1 aromatic heterocycles. The van der Waals surface area contributed by atoms with Gasteiger partial charge in [0.05, 0.1) is 0 Å². The third-order valence-electron chi connectivity index (χ3n) is 5.10.